The number of carbonyl (C=O) groups is 1. The first kappa shape index (κ1) is 17.9. The largest absolute Gasteiger partial charge is 0.465 e. The molecule has 7 nitrogen and oxygen atoms in total. The van der Waals surface area contributed by atoms with Gasteiger partial charge in [-0.05, 0) is 23.8 Å². The summed E-state index contributed by atoms with van der Waals surface area (Å²) in [6, 6.07) is 7.41. The Morgan fingerprint density at radius 1 is 1.10 bits per heavy atom. The van der Waals surface area contributed by atoms with Gasteiger partial charge in [-0.2, -0.15) is 0 Å². The first-order valence-corrected chi connectivity index (χ1v) is 9.53. The van der Waals surface area contributed by atoms with E-state index in [0.29, 0.717) is 17.1 Å². The summed E-state index contributed by atoms with van der Waals surface area (Å²) in [5.41, 5.74) is 4.27. The highest BCUT2D eigenvalue weighted by Crippen LogP contribution is 2.46. The van der Waals surface area contributed by atoms with Gasteiger partial charge in [0.05, 0.1) is 26.3 Å². The molecule has 2 unspecified atom stereocenters. The van der Waals surface area contributed by atoms with Gasteiger partial charge >= 0.3 is 5.97 Å². The van der Waals surface area contributed by atoms with E-state index in [2.05, 4.69) is 19.7 Å². The number of rotatable bonds is 2. The van der Waals surface area contributed by atoms with Gasteiger partial charge in [0.2, 0.25) is 13.6 Å². The van der Waals surface area contributed by atoms with Gasteiger partial charge in [0.1, 0.15) is 6.04 Å². The van der Waals surface area contributed by atoms with Crippen LogP contribution in [0.5, 0.6) is 23.0 Å². The molecule has 0 radical (unpaired) electrons. The number of benzene rings is 2. The van der Waals surface area contributed by atoms with Crippen molar-refractivity contribution in [1.82, 2.24) is 0 Å². The smallest absolute Gasteiger partial charge is 0.338 e. The Morgan fingerprint density at radius 2 is 1.83 bits per heavy atom. The fourth-order valence-electron chi connectivity index (χ4n) is 4.43. The quantitative estimate of drug-likeness (QED) is 0.781. The number of nitrogens with one attached hydrogen (secondary N) is 1. The molecular formula is C22H22NO6+. The molecule has 7 heteroatoms. The van der Waals surface area contributed by atoms with Crippen molar-refractivity contribution in [2.45, 2.75) is 12.5 Å². The summed E-state index contributed by atoms with van der Waals surface area (Å²) in [5, 5.41) is 0. The summed E-state index contributed by atoms with van der Waals surface area (Å²) in [5.74, 6) is 2.20. The second-order valence-electron chi connectivity index (χ2n) is 7.42. The highest BCUT2D eigenvalue weighted by Gasteiger charge is 2.37. The number of carbonyl (C=O) groups excluding carboxylic acids is 1. The van der Waals surface area contributed by atoms with Crippen molar-refractivity contribution < 1.29 is 33.4 Å². The Labute approximate surface area is 168 Å². The standard InChI is InChI=1S/C22H21NO6/c1-12-19-13(4-5-16-21(19)29-11-26-16)6-7-23(2)20(12)14-8-17-18(28-10-27-17)9-15(14)22(24)25-3/h4-5,8-9,20H,1,6-7,10-11H2,2-3H3/p+1. The minimum Gasteiger partial charge on any atom is -0.465 e. The summed E-state index contributed by atoms with van der Waals surface area (Å²) in [4.78, 5) is 13.8. The van der Waals surface area contributed by atoms with Crippen LogP contribution in [0.25, 0.3) is 5.57 Å². The third-order valence-electron chi connectivity index (χ3n) is 5.84. The predicted molar refractivity (Wildman–Crippen MR) is 104 cm³/mol. The number of quaternary nitrogens is 1. The third-order valence-corrected chi connectivity index (χ3v) is 5.84. The third kappa shape index (κ3) is 2.73. The Balaban J connectivity index is 1.69. The summed E-state index contributed by atoms with van der Waals surface area (Å²) < 4.78 is 27.5. The van der Waals surface area contributed by atoms with Gasteiger partial charge in [-0.25, -0.2) is 4.79 Å². The van der Waals surface area contributed by atoms with E-state index in [-0.39, 0.29) is 19.6 Å². The maximum atomic E-state index is 12.6. The number of hydrogen-bond donors (Lipinski definition) is 1. The van der Waals surface area contributed by atoms with Gasteiger partial charge in [0, 0.05) is 23.1 Å². The Kier molecular flexibility index (Phi) is 4.13. The molecule has 29 heavy (non-hydrogen) atoms. The van der Waals surface area contributed by atoms with E-state index >= 15 is 0 Å². The van der Waals surface area contributed by atoms with Crippen LogP contribution in [0.1, 0.15) is 33.1 Å². The average Bonchev–Trinajstić information content (AvgIpc) is 3.36. The zero-order valence-electron chi connectivity index (χ0n) is 16.4. The Morgan fingerprint density at radius 3 is 2.62 bits per heavy atom. The summed E-state index contributed by atoms with van der Waals surface area (Å²) in [6.45, 7) is 5.64. The molecule has 2 atom stereocenters. The number of ether oxygens (including phenoxy) is 5. The maximum absolute atomic E-state index is 12.6. The lowest BCUT2D eigenvalue weighted by Crippen LogP contribution is -3.09. The molecule has 0 saturated heterocycles. The van der Waals surface area contributed by atoms with Gasteiger partial charge < -0.3 is 28.6 Å². The van der Waals surface area contributed by atoms with Crippen molar-refractivity contribution in [3.05, 3.63) is 53.1 Å². The van der Waals surface area contributed by atoms with Crippen molar-refractivity contribution in [2.75, 3.05) is 34.3 Å². The van der Waals surface area contributed by atoms with Crippen LogP contribution < -0.4 is 23.8 Å². The van der Waals surface area contributed by atoms with Crippen LogP contribution in [0.3, 0.4) is 0 Å². The minimum atomic E-state index is -0.416. The molecular weight excluding hydrogens is 374 g/mol. The van der Waals surface area contributed by atoms with Gasteiger partial charge in [-0.15, -0.1) is 0 Å². The molecule has 0 bridgehead atoms. The molecule has 0 aromatic heterocycles. The highest BCUT2D eigenvalue weighted by molar-refractivity contribution is 5.93. The number of likely N-dealkylation sites (N-methyl/N-ethyl adjacent to an activating group) is 1. The first-order chi connectivity index (χ1) is 14.1. The van der Waals surface area contributed by atoms with Crippen molar-refractivity contribution in [2.24, 2.45) is 0 Å². The molecule has 0 amide bonds. The maximum Gasteiger partial charge on any atom is 0.338 e. The lowest BCUT2D eigenvalue weighted by atomic mass is 9.88. The van der Waals surface area contributed by atoms with E-state index in [9.17, 15) is 4.79 Å². The molecule has 5 rings (SSSR count). The van der Waals surface area contributed by atoms with E-state index in [1.807, 2.05) is 12.1 Å². The van der Waals surface area contributed by atoms with Gasteiger partial charge in [0.15, 0.2) is 23.0 Å². The zero-order chi connectivity index (χ0) is 20.1. The van der Waals surface area contributed by atoms with Crippen molar-refractivity contribution in [1.29, 1.82) is 0 Å². The Hall–Kier alpha value is -3.19. The van der Waals surface area contributed by atoms with Crippen LogP contribution in [0.2, 0.25) is 0 Å². The van der Waals surface area contributed by atoms with E-state index in [1.54, 1.807) is 6.07 Å². The van der Waals surface area contributed by atoms with E-state index < -0.39 is 5.97 Å². The monoisotopic (exact) mass is 396 g/mol. The molecule has 2 aromatic rings. The van der Waals surface area contributed by atoms with Crippen LogP contribution in [0, 0.1) is 0 Å². The van der Waals surface area contributed by atoms with Crippen LogP contribution in [-0.4, -0.2) is 40.3 Å². The summed E-state index contributed by atoms with van der Waals surface area (Å²) in [6.07, 6.45) is 0.867. The molecule has 3 aliphatic heterocycles. The number of esters is 1. The number of methoxy groups -OCH3 is 1. The van der Waals surface area contributed by atoms with Crippen LogP contribution in [-0.2, 0) is 11.2 Å². The van der Waals surface area contributed by atoms with Gasteiger partial charge in [0.25, 0.3) is 0 Å². The van der Waals surface area contributed by atoms with E-state index in [0.717, 1.165) is 41.2 Å². The summed E-state index contributed by atoms with van der Waals surface area (Å²) >= 11 is 0. The van der Waals surface area contributed by atoms with Crippen LogP contribution >= 0.6 is 0 Å². The molecule has 0 saturated carbocycles. The van der Waals surface area contributed by atoms with Gasteiger partial charge in [-0.1, -0.05) is 12.6 Å². The van der Waals surface area contributed by atoms with Gasteiger partial charge in [-0.3, -0.25) is 0 Å². The fourth-order valence-corrected chi connectivity index (χ4v) is 4.43. The minimum absolute atomic E-state index is 0.134. The molecule has 0 fully saturated rings. The Bertz CT molecular complexity index is 1030. The lowest BCUT2D eigenvalue weighted by Gasteiger charge is -2.26. The molecule has 3 aliphatic rings. The molecule has 150 valence electrons. The number of hydrogen-bond acceptors (Lipinski definition) is 6. The topological polar surface area (TPSA) is 67.7 Å². The second kappa shape index (κ2) is 6.70. The molecule has 0 aliphatic carbocycles. The predicted octanol–water partition coefficient (Wildman–Crippen LogP) is 1.76. The number of fused-ring (bicyclic) bond motifs is 4. The molecule has 0 spiro atoms. The average molecular weight is 396 g/mol. The lowest BCUT2D eigenvalue weighted by molar-refractivity contribution is -0.902. The molecule has 2 aromatic carbocycles. The zero-order valence-corrected chi connectivity index (χ0v) is 16.4. The van der Waals surface area contributed by atoms with E-state index in [4.69, 9.17) is 23.7 Å². The van der Waals surface area contributed by atoms with E-state index in [1.165, 1.54) is 17.6 Å². The molecule has 3 heterocycles. The summed E-state index contributed by atoms with van der Waals surface area (Å²) in [7, 11) is 3.48. The highest BCUT2D eigenvalue weighted by atomic mass is 16.7. The molecule has 1 N–H and O–H groups in total. The fraction of sp³-hybridized carbons (Fsp3) is 0.318. The SMILES string of the molecule is C=C1c2c(ccc3c2OCO3)CC[NH+](C)C1c1cc2c(cc1C(=O)OC)OCO2. The normalized spacial score (nSPS) is 21.5. The van der Waals surface area contributed by atoms with Crippen molar-refractivity contribution in [3.8, 4) is 23.0 Å². The first-order valence-electron chi connectivity index (χ1n) is 9.53. The second-order valence-corrected chi connectivity index (χ2v) is 7.42. The van der Waals surface area contributed by atoms with Crippen LogP contribution in [0.4, 0.5) is 0 Å². The van der Waals surface area contributed by atoms with Crippen LogP contribution in [0.15, 0.2) is 30.8 Å². The van der Waals surface area contributed by atoms with Crippen molar-refractivity contribution in [3.63, 3.8) is 0 Å². The van der Waals surface area contributed by atoms with Crippen molar-refractivity contribution >= 4 is 11.5 Å².